The maximum atomic E-state index is 12.5. The minimum atomic E-state index is -3.43. The third-order valence-electron chi connectivity index (χ3n) is 4.18. The van der Waals surface area contributed by atoms with Crippen LogP contribution in [0.5, 0.6) is 0 Å². The number of hydrogen-bond donors (Lipinski definition) is 0. The van der Waals surface area contributed by atoms with Crippen molar-refractivity contribution in [1.82, 2.24) is 4.90 Å². The van der Waals surface area contributed by atoms with Gasteiger partial charge in [-0.2, -0.15) is 0 Å². The molecule has 1 saturated heterocycles. The topological polar surface area (TPSA) is 80.5 Å². The second-order valence-electron chi connectivity index (χ2n) is 6.12. The number of nitro groups is 1. The minimum Gasteiger partial charge on any atom is -0.299 e. The Kier molecular flexibility index (Phi) is 5.18. The summed E-state index contributed by atoms with van der Waals surface area (Å²) in [6.07, 6.45) is 2.29. The number of nitrogens with zero attached hydrogens (tertiary/aromatic N) is 2. The van der Waals surface area contributed by atoms with Crippen molar-refractivity contribution in [3.63, 3.8) is 0 Å². The molecule has 0 aromatic heterocycles. The van der Waals surface area contributed by atoms with Crippen molar-refractivity contribution < 1.29 is 13.3 Å². The number of hydrogen-bond acceptors (Lipinski definition) is 5. The van der Waals surface area contributed by atoms with Gasteiger partial charge in [0.1, 0.15) is 0 Å². The maximum absolute atomic E-state index is 12.5. The minimum absolute atomic E-state index is 0.0392. The molecule has 22 heavy (non-hydrogen) atoms. The van der Waals surface area contributed by atoms with Crippen LogP contribution in [0.4, 0.5) is 5.69 Å². The summed E-state index contributed by atoms with van der Waals surface area (Å²) in [7, 11) is -3.43. The van der Waals surface area contributed by atoms with E-state index in [0.29, 0.717) is 5.92 Å². The zero-order valence-corrected chi connectivity index (χ0v) is 13.8. The second kappa shape index (κ2) is 6.75. The van der Waals surface area contributed by atoms with Gasteiger partial charge in [-0.1, -0.05) is 6.92 Å². The van der Waals surface area contributed by atoms with E-state index >= 15 is 0 Å². The highest BCUT2D eigenvalue weighted by Gasteiger charge is 2.26. The number of likely N-dealkylation sites (tertiary alicyclic amines) is 1. The predicted molar refractivity (Wildman–Crippen MR) is 84.6 cm³/mol. The highest BCUT2D eigenvalue weighted by molar-refractivity contribution is 7.91. The van der Waals surface area contributed by atoms with Crippen LogP contribution in [0.3, 0.4) is 0 Å². The van der Waals surface area contributed by atoms with Gasteiger partial charge in [0.2, 0.25) is 0 Å². The summed E-state index contributed by atoms with van der Waals surface area (Å²) < 4.78 is 24.9. The number of benzene rings is 1. The maximum Gasteiger partial charge on any atom is 0.269 e. The Morgan fingerprint density at radius 3 is 2.55 bits per heavy atom. The van der Waals surface area contributed by atoms with Crippen molar-refractivity contribution in [3.8, 4) is 0 Å². The number of non-ortho nitro benzene ring substituents is 1. The van der Waals surface area contributed by atoms with Crippen molar-refractivity contribution in [3.05, 3.63) is 34.4 Å². The van der Waals surface area contributed by atoms with Gasteiger partial charge in [-0.25, -0.2) is 8.42 Å². The molecule has 7 heteroatoms. The van der Waals surface area contributed by atoms with E-state index in [2.05, 4.69) is 11.8 Å². The molecule has 2 unspecified atom stereocenters. The van der Waals surface area contributed by atoms with Crippen molar-refractivity contribution in [2.45, 2.75) is 37.6 Å². The van der Waals surface area contributed by atoms with Crippen LogP contribution in [-0.2, 0) is 9.84 Å². The monoisotopic (exact) mass is 326 g/mol. The fourth-order valence-corrected chi connectivity index (χ4v) is 4.51. The summed E-state index contributed by atoms with van der Waals surface area (Å²) in [5, 5.41) is 10.6. The molecule has 1 aliphatic heterocycles. The zero-order valence-electron chi connectivity index (χ0n) is 12.9. The van der Waals surface area contributed by atoms with Crippen LogP contribution in [0.1, 0.15) is 26.7 Å². The van der Waals surface area contributed by atoms with Gasteiger partial charge < -0.3 is 0 Å². The Morgan fingerprint density at radius 1 is 1.36 bits per heavy atom. The first-order valence-electron chi connectivity index (χ1n) is 7.51. The van der Waals surface area contributed by atoms with Gasteiger partial charge in [0.15, 0.2) is 9.84 Å². The SMILES string of the molecule is CC1CCCN(C(C)CS(=O)(=O)c2ccc([N+](=O)[O-])cc2)C1. The van der Waals surface area contributed by atoms with Crippen molar-refractivity contribution >= 4 is 15.5 Å². The zero-order chi connectivity index (χ0) is 16.3. The Balaban J connectivity index is 2.08. The van der Waals surface area contributed by atoms with Gasteiger partial charge in [-0.05, 0) is 44.4 Å². The normalized spacial score (nSPS) is 21.5. The van der Waals surface area contributed by atoms with Gasteiger partial charge >= 0.3 is 0 Å². The van der Waals surface area contributed by atoms with E-state index < -0.39 is 14.8 Å². The van der Waals surface area contributed by atoms with E-state index in [-0.39, 0.29) is 22.4 Å². The molecule has 0 aliphatic carbocycles. The van der Waals surface area contributed by atoms with Crippen LogP contribution < -0.4 is 0 Å². The van der Waals surface area contributed by atoms with E-state index in [4.69, 9.17) is 0 Å². The van der Waals surface area contributed by atoms with Crippen LogP contribution >= 0.6 is 0 Å². The molecule has 2 atom stereocenters. The molecule has 0 spiro atoms. The van der Waals surface area contributed by atoms with Crippen molar-refractivity contribution in [2.24, 2.45) is 5.92 Å². The molecule has 1 aliphatic rings. The predicted octanol–water partition coefficient (Wildman–Crippen LogP) is 2.49. The lowest BCUT2D eigenvalue weighted by Gasteiger charge is -2.35. The third-order valence-corrected chi connectivity index (χ3v) is 6.09. The quantitative estimate of drug-likeness (QED) is 0.613. The molecule has 1 aromatic rings. The summed E-state index contributed by atoms with van der Waals surface area (Å²) in [6.45, 7) is 5.98. The third kappa shape index (κ3) is 4.04. The van der Waals surface area contributed by atoms with Gasteiger partial charge in [0.25, 0.3) is 5.69 Å². The lowest BCUT2D eigenvalue weighted by Crippen LogP contribution is -2.43. The summed E-state index contributed by atoms with van der Waals surface area (Å²) >= 11 is 0. The molecule has 1 aromatic carbocycles. The summed E-state index contributed by atoms with van der Waals surface area (Å²) in [4.78, 5) is 12.5. The number of rotatable bonds is 5. The van der Waals surface area contributed by atoms with Crippen LogP contribution in [0.15, 0.2) is 29.2 Å². The van der Waals surface area contributed by atoms with Gasteiger partial charge in [-0.15, -0.1) is 0 Å². The van der Waals surface area contributed by atoms with Crippen molar-refractivity contribution in [2.75, 3.05) is 18.8 Å². The molecule has 0 saturated carbocycles. The molecule has 0 bridgehead atoms. The Hall–Kier alpha value is -1.47. The van der Waals surface area contributed by atoms with Gasteiger partial charge in [0, 0.05) is 24.7 Å². The Labute approximate surface area is 131 Å². The first-order valence-corrected chi connectivity index (χ1v) is 9.16. The van der Waals surface area contributed by atoms with E-state index in [9.17, 15) is 18.5 Å². The molecular formula is C15H22N2O4S. The summed E-state index contributed by atoms with van der Waals surface area (Å²) in [5.74, 6) is 0.635. The molecule has 122 valence electrons. The highest BCUT2D eigenvalue weighted by atomic mass is 32.2. The van der Waals surface area contributed by atoms with Crippen LogP contribution in [0, 0.1) is 16.0 Å². The van der Waals surface area contributed by atoms with Crippen molar-refractivity contribution in [1.29, 1.82) is 0 Å². The molecular weight excluding hydrogens is 304 g/mol. The Bertz CT molecular complexity index is 627. The number of nitro benzene ring substituents is 1. The molecule has 0 amide bonds. The number of piperidine rings is 1. The van der Waals surface area contributed by atoms with E-state index in [1.54, 1.807) is 0 Å². The standard InChI is InChI=1S/C15H22N2O4S/c1-12-4-3-9-16(10-12)13(2)11-22(20,21)15-7-5-14(6-8-15)17(18)19/h5-8,12-13H,3-4,9-11H2,1-2H3. The molecule has 6 nitrogen and oxygen atoms in total. The fourth-order valence-electron chi connectivity index (χ4n) is 2.92. The molecule has 2 rings (SSSR count). The highest BCUT2D eigenvalue weighted by Crippen LogP contribution is 2.21. The second-order valence-corrected chi connectivity index (χ2v) is 8.16. The van der Waals surface area contributed by atoms with E-state index in [1.807, 2.05) is 6.92 Å². The lowest BCUT2D eigenvalue weighted by atomic mass is 9.99. The van der Waals surface area contributed by atoms with Crippen LogP contribution in [0.2, 0.25) is 0 Å². The van der Waals surface area contributed by atoms with Gasteiger partial charge in [0.05, 0.1) is 15.6 Å². The van der Waals surface area contributed by atoms with E-state index in [1.165, 1.54) is 30.7 Å². The molecule has 0 radical (unpaired) electrons. The average molecular weight is 326 g/mol. The smallest absolute Gasteiger partial charge is 0.269 e. The summed E-state index contributed by atoms with van der Waals surface area (Å²) in [6, 6.07) is 5.06. The summed E-state index contributed by atoms with van der Waals surface area (Å²) in [5.41, 5.74) is -0.100. The van der Waals surface area contributed by atoms with E-state index in [0.717, 1.165) is 19.5 Å². The van der Waals surface area contributed by atoms with Crippen LogP contribution in [-0.4, -0.2) is 43.1 Å². The first kappa shape index (κ1) is 16.9. The lowest BCUT2D eigenvalue weighted by molar-refractivity contribution is -0.384. The van der Waals surface area contributed by atoms with Crippen LogP contribution in [0.25, 0.3) is 0 Å². The largest absolute Gasteiger partial charge is 0.299 e. The molecule has 0 N–H and O–H groups in total. The Morgan fingerprint density at radius 2 is 2.00 bits per heavy atom. The number of sulfone groups is 1. The first-order chi connectivity index (χ1) is 10.3. The molecule has 1 fully saturated rings. The fraction of sp³-hybridized carbons (Fsp3) is 0.600. The average Bonchev–Trinajstić information content (AvgIpc) is 2.47. The van der Waals surface area contributed by atoms with Gasteiger partial charge in [-0.3, -0.25) is 15.0 Å². The molecule has 1 heterocycles.